The molecule has 0 fully saturated rings. The molecule has 0 spiro atoms. The molecular formula is C12H19FN2O3S. The van der Waals surface area contributed by atoms with Crippen LogP contribution in [0.15, 0.2) is 23.1 Å². The molecular weight excluding hydrogens is 271 g/mol. The van der Waals surface area contributed by atoms with E-state index in [1.54, 1.807) is 0 Å². The summed E-state index contributed by atoms with van der Waals surface area (Å²) in [7, 11) is -4.00. The lowest BCUT2D eigenvalue weighted by atomic mass is 10.3. The summed E-state index contributed by atoms with van der Waals surface area (Å²) in [5, 5.41) is 5.03. The Morgan fingerprint density at radius 3 is 2.47 bits per heavy atom. The van der Waals surface area contributed by atoms with Crippen molar-refractivity contribution in [3.63, 3.8) is 0 Å². The van der Waals surface area contributed by atoms with E-state index in [0.29, 0.717) is 13.2 Å². The van der Waals surface area contributed by atoms with Gasteiger partial charge in [-0.1, -0.05) is 13.8 Å². The predicted molar refractivity (Wildman–Crippen MR) is 71.1 cm³/mol. The van der Waals surface area contributed by atoms with Gasteiger partial charge in [-0.05, 0) is 31.3 Å². The van der Waals surface area contributed by atoms with Crippen molar-refractivity contribution in [1.82, 2.24) is 4.90 Å². The van der Waals surface area contributed by atoms with Gasteiger partial charge in [-0.25, -0.2) is 17.9 Å². The lowest BCUT2D eigenvalue weighted by molar-refractivity contribution is 0.219. The topological polar surface area (TPSA) is 72.6 Å². The van der Waals surface area contributed by atoms with E-state index in [1.807, 2.05) is 13.8 Å². The molecule has 0 aliphatic rings. The number of rotatable bonds is 7. The number of benzene rings is 1. The quantitative estimate of drug-likeness (QED) is 0.819. The zero-order valence-electron chi connectivity index (χ0n) is 11.1. The number of nitrogens with two attached hydrogens (primary N) is 1. The molecule has 0 radical (unpaired) electrons. The summed E-state index contributed by atoms with van der Waals surface area (Å²) < 4.78 is 41.1. The van der Waals surface area contributed by atoms with E-state index in [0.717, 1.165) is 25.2 Å². The monoisotopic (exact) mass is 290 g/mol. The molecule has 7 heteroatoms. The van der Waals surface area contributed by atoms with Crippen LogP contribution in [0.2, 0.25) is 0 Å². The maximum absolute atomic E-state index is 13.1. The molecule has 0 amide bonds. The van der Waals surface area contributed by atoms with Gasteiger partial charge in [0, 0.05) is 6.54 Å². The van der Waals surface area contributed by atoms with Gasteiger partial charge in [0.15, 0.2) is 0 Å². The van der Waals surface area contributed by atoms with Crippen LogP contribution < -0.4 is 9.88 Å². The van der Waals surface area contributed by atoms with Crippen molar-refractivity contribution in [2.45, 2.75) is 18.7 Å². The number of hydrogen-bond donors (Lipinski definition) is 1. The first kappa shape index (κ1) is 15.9. The van der Waals surface area contributed by atoms with Crippen molar-refractivity contribution >= 4 is 10.0 Å². The van der Waals surface area contributed by atoms with Crippen LogP contribution in [0.3, 0.4) is 0 Å². The van der Waals surface area contributed by atoms with Crippen molar-refractivity contribution in [3.05, 3.63) is 24.0 Å². The maximum Gasteiger partial charge on any atom is 0.241 e. The summed E-state index contributed by atoms with van der Waals surface area (Å²) >= 11 is 0. The van der Waals surface area contributed by atoms with E-state index in [4.69, 9.17) is 9.88 Å². The summed E-state index contributed by atoms with van der Waals surface area (Å²) in [4.78, 5) is 1.80. The second kappa shape index (κ2) is 6.83. The molecule has 0 bridgehead atoms. The number of halogens is 1. The first-order valence-electron chi connectivity index (χ1n) is 6.06. The van der Waals surface area contributed by atoms with Crippen LogP contribution in [-0.4, -0.2) is 39.6 Å². The van der Waals surface area contributed by atoms with E-state index >= 15 is 0 Å². The van der Waals surface area contributed by atoms with Gasteiger partial charge in [-0.15, -0.1) is 0 Å². The first-order chi connectivity index (χ1) is 8.88. The van der Waals surface area contributed by atoms with Crippen LogP contribution >= 0.6 is 0 Å². The van der Waals surface area contributed by atoms with Crippen LogP contribution in [0.5, 0.6) is 5.75 Å². The van der Waals surface area contributed by atoms with E-state index in [1.165, 1.54) is 6.07 Å². The second-order valence-corrected chi connectivity index (χ2v) is 5.54. The van der Waals surface area contributed by atoms with Crippen molar-refractivity contribution in [2.24, 2.45) is 5.14 Å². The Balaban J connectivity index is 2.79. The zero-order chi connectivity index (χ0) is 14.5. The van der Waals surface area contributed by atoms with Gasteiger partial charge in [0.1, 0.15) is 23.1 Å². The molecule has 0 saturated heterocycles. The zero-order valence-corrected chi connectivity index (χ0v) is 11.9. The van der Waals surface area contributed by atoms with Crippen LogP contribution in [0.1, 0.15) is 13.8 Å². The highest BCUT2D eigenvalue weighted by Gasteiger charge is 2.16. The van der Waals surface area contributed by atoms with Gasteiger partial charge in [0.25, 0.3) is 0 Å². The van der Waals surface area contributed by atoms with E-state index < -0.39 is 15.8 Å². The highest BCUT2D eigenvalue weighted by Crippen LogP contribution is 2.23. The van der Waals surface area contributed by atoms with Gasteiger partial charge in [0.2, 0.25) is 10.0 Å². The largest absolute Gasteiger partial charge is 0.491 e. The van der Waals surface area contributed by atoms with E-state index in [2.05, 4.69) is 4.90 Å². The molecule has 2 N–H and O–H groups in total. The highest BCUT2D eigenvalue weighted by molar-refractivity contribution is 7.89. The third-order valence-electron chi connectivity index (χ3n) is 2.77. The minimum atomic E-state index is -4.00. The highest BCUT2D eigenvalue weighted by atomic mass is 32.2. The molecule has 108 valence electrons. The third kappa shape index (κ3) is 4.77. The van der Waals surface area contributed by atoms with Gasteiger partial charge in [-0.3, -0.25) is 0 Å². The Morgan fingerprint density at radius 2 is 1.95 bits per heavy atom. The standard InChI is InChI=1S/C12H19FN2O3S/c1-3-15(4-2)7-8-18-11-6-5-10(13)9-12(11)19(14,16)17/h5-6,9H,3-4,7-8H2,1-2H3,(H2,14,16,17). The Morgan fingerprint density at radius 1 is 1.32 bits per heavy atom. The van der Waals surface area contributed by atoms with Crippen molar-refractivity contribution in [3.8, 4) is 5.75 Å². The molecule has 0 atom stereocenters. The van der Waals surface area contributed by atoms with Crippen LogP contribution in [0, 0.1) is 5.82 Å². The molecule has 0 aromatic heterocycles. The molecule has 1 aromatic rings. The summed E-state index contributed by atoms with van der Waals surface area (Å²) in [5.41, 5.74) is 0. The minimum Gasteiger partial charge on any atom is -0.491 e. The fourth-order valence-corrected chi connectivity index (χ4v) is 2.33. The third-order valence-corrected chi connectivity index (χ3v) is 3.70. The van der Waals surface area contributed by atoms with Crippen LogP contribution in [-0.2, 0) is 10.0 Å². The average Bonchev–Trinajstić information content (AvgIpc) is 2.35. The number of primary sulfonamides is 1. The van der Waals surface area contributed by atoms with E-state index in [9.17, 15) is 12.8 Å². The molecule has 1 aromatic carbocycles. The summed E-state index contributed by atoms with van der Waals surface area (Å²) in [6.45, 7) is 6.79. The van der Waals surface area contributed by atoms with Gasteiger partial charge in [0.05, 0.1) is 0 Å². The average molecular weight is 290 g/mol. The lowest BCUT2D eigenvalue weighted by Gasteiger charge is -2.18. The molecule has 5 nitrogen and oxygen atoms in total. The SMILES string of the molecule is CCN(CC)CCOc1ccc(F)cc1S(N)(=O)=O. The molecule has 0 saturated carbocycles. The number of sulfonamides is 1. The molecule has 0 aliphatic heterocycles. The van der Waals surface area contributed by atoms with Gasteiger partial charge >= 0.3 is 0 Å². The molecule has 0 unspecified atom stereocenters. The summed E-state index contributed by atoms with van der Waals surface area (Å²) in [6, 6.07) is 3.28. The molecule has 0 heterocycles. The molecule has 19 heavy (non-hydrogen) atoms. The number of ether oxygens (including phenoxy) is 1. The Kier molecular flexibility index (Phi) is 5.71. The Labute approximate surface area is 113 Å². The van der Waals surface area contributed by atoms with E-state index in [-0.39, 0.29) is 10.6 Å². The summed E-state index contributed by atoms with van der Waals surface area (Å²) in [6.07, 6.45) is 0. The minimum absolute atomic E-state index is 0.0797. The van der Waals surface area contributed by atoms with Crippen LogP contribution in [0.4, 0.5) is 4.39 Å². The Bertz CT molecular complexity index is 516. The fraction of sp³-hybridized carbons (Fsp3) is 0.500. The Hall–Kier alpha value is -1.18. The lowest BCUT2D eigenvalue weighted by Crippen LogP contribution is -2.28. The smallest absolute Gasteiger partial charge is 0.241 e. The van der Waals surface area contributed by atoms with Gasteiger partial charge < -0.3 is 9.64 Å². The fourth-order valence-electron chi connectivity index (χ4n) is 1.65. The second-order valence-electron chi connectivity index (χ2n) is 4.01. The maximum atomic E-state index is 13.1. The number of hydrogen-bond acceptors (Lipinski definition) is 4. The summed E-state index contributed by atoms with van der Waals surface area (Å²) in [5.74, 6) is -0.587. The molecule has 0 aliphatic carbocycles. The van der Waals surface area contributed by atoms with Crippen LogP contribution in [0.25, 0.3) is 0 Å². The predicted octanol–water partition coefficient (Wildman–Crippen LogP) is 1.19. The molecule has 1 rings (SSSR count). The number of nitrogens with zero attached hydrogens (tertiary/aromatic N) is 1. The van der Waals surface area contributed by atoms with Gasteiger partial charge in [-0.2, -0.15) is 0 Å². The number of likely N-dealkylation sites (N-methyl/N-ethyl adjacent to an activating group) is 1. The van der Waals surface area contributed by atoms with Crippen molar-refractivity contribution in [1.29, 1.82) is 0 Å². The van der Waals surface area contributed by atoms with Crippen molar-refractivity contribution in [2.75, 3.05) is 26.2 Å². The van der Waals surface area contributed by atoms with Crippen molar-refractivity contribution < 1.29 is 17.5 Å². The first-order valence-corrected chi connectivity index (χ1v) is 7.60. The normalized spacial score (nSPS) is 11.8.